The van der Waals surface area contributed by atoms with Crippen molar-refractivity contribution in [2.45, 2.75) is 30.0 Å². The first-order chi connectivity index (χ1) is 8.59. The Morgan fingerprint density at radius 1 is 1.53 bits per heavy atom. The normalized spacial score (nSPS) is 26.2. The highest BCUT2D eigenvalue weighted by atomic mass is 32.2. The summed E-state index contributed by atoms with van der Waals surface area (Å²) in [5, 5.41) is 10.00. The number of rotatable bonds is 2. The molecule has 1 aromatic carbocycles. The van der Waals surface area contributed by atoms with Crippen LogP contribution in [0.25, 0.3) is 0 Å². The Labute approximate surface area is 110 Å². The second kappa shape index (κ2) is 4.01. The summed E-state index contributed by atoms with van der Waals surface area (Å²) < 4.78 is 37.8. The monoisotopic (exact) mass is 287 g/mol. The molecule has 0 unspecified atom stereocenters. The number of primary amides is 1. The Kier molecular flexibility index (Phi) is 2.94. The molecule has 0 fully saturated rings. The molecule has 0 saturated carbocycles. The summed E-state index contributed by atoms with van der Waals surface area (Å²) in [7, 11) is -3.63. The molecule has 1 aromatic rings. The van der Waals surface area contributed by atoms with Gasteiger partial charge >= 0.3 is 0 Å². The van der Waals surface area contributed by atoms with Crippen LogP contribution in [0.2, 0.25) is 0 Å². The number of carbonyl (C=O) groups is 1. The first-order valence-electron chi connectivity index (χ1n) is 5.58. The van der Waals surface area contributed by atoms with Gasteiger partial charge in [0.05, 0.1) is 4.90 Å². The van der Waals surface area contributed by atoms with Crippen molar-refractivity contribution in [1.29, 1.82) is 0 Å². The maximum absolute atomic E-state index is 14.5. The van der Waals surface area contributed by atoms with Crippen LogP contribution >= 0.6 is 0 Å². The van der Waals surface area contributed by atoms with E-state index in [4.69, 9.17) is 5.73 Å². The van der Waals surface area contributed by atoms with E-state index in [-0.39, 0.29) is 10.5 Å². The Bertz CT molecular complexity index is 671. The molecule has 2 atom stereocenters. The predicted octanol–water partition coefficient (Wildman–Crippen LogP) is 0.182. The standard InChI is InChI=1S/C12H14FNO4S/c1-6-3-4-8(19(2,17)18)9-7(6)5-12(13,10(9)15)11(14)16/h3-4,10,15H,5H2,1-2H3,(H2,14,16)/t10-,12+/m0/s1. The van der Waals surface area contributed by atoms with Crippen molar-refractivity contribution in [1.82, 2.24) is 0 Å². The van der Waals surface area contributed by atoms with E-state index in [1.807, 2.05) is 0 Å². The summed E-state index contributed by atoms with van der Waals surface area (Å²) in [5.74, 6) is -1.30. The van der Waals surface area contributed by atoms with Gasteiger partial charge in [0.15, 0.2) is 9.84 Å². The highest BCUT2D eigenvalue weighted by molar-refractivity contribution is 7.90. The molecule has 7 heteroatoms. The first-order valence-corrected chi connectivity index (χ1v) is 7.47. The molecule has 0 saturated heterocycles. The third kappa shape index (κ3) is 1.93. The molecule has 1 aliphatic carbocycles. The summed E-state index contributed by atoms with van der Waals surface area (Å²) in [5.41, 5.74) is 3.22. The second-order valence-electron chi connectivity index (χ2n) is 4.85. The lowest BCUT2D eigenvalue weighted by molar-refractivity contribution is -0.136. The van der Waals surface area contributed by atoms with Crippen molar-refractivity contribution in [3.8, 4) is 0 Å². The van der Waals surface area contributed by atoms with Gasteiger partial charge in [0, 0.05) is 18.2 Å². The van der Waals surface area contributed by atoms with Crippen molar-refractivity contribution < 1.29 is 22.7 Å². The van der Waals surface area contributed by atoms with E-state index in [9.17, 15) is 22.7 Å². The van der Waals surface area contributed by atoms with E-state index >= 15 is 0 Å². The Balaban J connectivity index is 2.76. The van der Waals surface area contributed by atoms with Gasteiger partial charge in [0.25, 0.3) is 5.91 Å². The average molecular weight is 287 g/mol. The Morgan fingerprint density at radius 3 is 2.58 bits per heavy atom. The summed E-state index contributed by atoms with van der Waals surface area (Å²) in [6.45, 7) is 1.66. The molecule has 0 radical (unpaired) electrons. The molecule has 5 nitrogen and oxygen atoms in total. The number of alkyl halides is 1. The molecule has 0 bridgehead atoms. The van der Waals surface area contributed by atoms with Crippen LogP contribution in [0.5, 0.6) is 0 Å². The molecule has 0 spiro atoms. The summed E-state index contributed by atoms with van der Waals surface area (Å²) in [4.78, 5) is 11.0. The molecular formula is C12H14FNO4S. The van der Waals surface area contributed by atoms with E-state index in [1.54, 1.807) is 6.92 Å². The van der Waals surface area contributed by atoms with Gasteiger partial charge in [-0.2, -0.15) is 0 Å². The number of carbonyl (C=O) groups excluding carboxylic acids is 1. The molecule has 3 N–H and O–H groups in total. The van der Waals surface area contributed by atoms with Gasteiger partial charge < -0.3 is 10.8 Å². The number of aliphatic hydroxyl groups excluding tert-OH is 1. The van der Waals surface area contributed by atoms with Gasteiger partial charge in [-0.15, -0.1) is 0 Å². The number of fused-ring (bicyclic) bond motifs is 1. The largest absolute Gasteiger partial charge is 0.384 e. The van der Waals surface area contributed by atoms with Crippen LogP contribution in [0.4, 0.5) is 4.39 Å². The lowest BCUT2D eigenvalue weighted by Crippen LogP contribution is -2.43. The number of amides is 1. The minimum Gasteiger partial charge on any atom is -0.384 e. The minimum atomic E-state index is -3.63. The average Bonchev–Trinajstić information content (AvgIpc) is 2.54. The van der Waals surface area contributed by atoms with Crippen molar-refractivity contribution >= 4 is 15.7 Å². The van der Waals surface area contributed by atoms with Gasteiger partial charge in [-0.05, 0) is 24.1 Å². The number of hydrogen-bond donors (Lipinski definition) is 2. The highest BCUT2D eigenvalue weighted by Crippen LogP contribution is 2.45. The lowest BCUT2D eigenvalue weighted by Gasteiger charge is -2.20. The van der Waals surface area contributed by atoms with Gasteiger partial charge in [-0.25, -0.2) is 12.8 Å². The molecule has 2 rings (SSSR count). The zero-order chi connectivity index (χ0) is 14.6. The molecular weight excluding hydrogens is 273 g/mol. The van der Waals surface area contributed by atoms with Crippen molar-refractivity contribution in [2.24, 2.45) is 5.73 Å². The number of sulfone groups is 1. The fraction of sp³-hybridized carbons (Fsp3) is 0.417. The molecule has 0 aliphatic heterocycles. The lowest BCUT2D eigenvalue weighted by atomic mass is 9.99. The smallest absolute Gasteiger partial charge is 0.258 e. The third-order valence-electron chi connectivity index (χ3n) is 3.50. The van der Waals surface area contributed by atoms with Crippen LogP contribution in [-0.4, -0.2) is 31.4 Å². The summed E-state index contributed by atoms with van der Waals surface area (Å²) in [6.07, 6.45) is -1.30. The van der Waals surface area contributed by atoms with E-state index in [1.165, 1.54) is 12.1 Å². The van der Waals surface area contributed by atoms with Crippen LogP contribution in [0.1, 0.15) is 22.8 Å². The van der Waals surface area contributed by atoms with Crippen molar-refractivity contribution in [3.63, 3.8) is 0 Å². The van der Waals surface area contributed by atoms with E-state index in [0.717, 1.165) is 6.26 Å². The third-order valence-corrected chi connectivity index (χ3v) is 4.66. The molecule has 1 aliphatic rings. The Morgan fingerprint density at radius 2 is 2.11 bits per heavy atom. The van der Waals surface area contributed by atoms with Gasteiger partial charge in [0.1, 0.15) is 6.10 Å². The molecule has 19 heavy (non-hydrogen) atoms. The fourth-order valence-corrected chi connectivity index (χ4v) is 3.36. The SMILES string of the molecule is Cc1ccc(S(C)(=O)=O)c2c1C[C@](F)(C(N)=O)[C@H]2O. The zero-order valence-electron chi connectivity index (χ0n) is 10.5. The van der Waals surface area contributed by atoms with E-state index < -0.39 is 33.9 Å². The van der Waals surface area contributed by atoms with Gasteiger partial charge in [0.2, 0.25) is 5.67 Å². The molecule has 1 amide bonds. The van der Waals surface area contributed by atoms with Crippen LogP contribution < -0.4 is 5.73 Å². The van der Waals surface area contributed by atoms with E-state index in [2.05, 4.69) is 0 Å². The highest BCUT2D eigenvalue weighted by Gasteiger charge is 2.53. The Hall–Kier alpha value is -1.47. The number of benzene rings is 1. The number of nitrogens with two attached hydrogens (primary N) is 1. The first kappa shape index (κ1) is 14.0. The van der Waals surface area contributed by atoms with Gasteiger partial charge in [-0.3, -0.25) is 4.79 Å². The van der Waals surface area contributed by atoms with Crippen LogP contribution in [0, 0.1) is 6.92 Å². The number of halogens is 1. The molecule has 104 valence electrons. The summed E-state index contributed by atoms with van der Waals surface area (Å²) >= 11 is 0. The van der Waals surface area contributed by atoms with Crippen molar-refractivity contribution in [3.05, 3.63) is 28.8 Å². The summed E-state index contributed by atoms with van der Waals surface area (Å²) in [6, 6.07) is 2.83. The topological polar surface area (TPSA) is 97.5 Å². The fourth-order valence-electron chi connectivity index (χ4n) is 2.41. The zero-order valence-corrected chi connectivity index (χ0v) is 11.3. The molecule has 0 aromatic heterocycles. The van der Waals surface area contributed by atoms with Crippen LogP contribution in [-0.2, 0) is 21.1 Å². The number of aryl methyl sites for hydroxylation is 1. The maximum atomic E-state index is 14.5. The quantitative estimate of drug-likeness (QED) is 0.811. The predicted molar refractivity (Wildman–Crippen MR) is 66.0 cm³/mol. The molecule has 0 heterocycles. The van der Waals surface area contributed by atoms with Crippen molar-refractivity contribution in [2.75, 3.05) is 6.26 Å². The number of hydrogen-bond acceptors (Lipinski definition) is 4. The minimum absolute atomic E-state index is 0.0520. The second-order valence-corrected chi connectivity index (χ2v) is 6.84. The maximum Gasteiger partial charge on any atom is 0.258 e. The van der Waals surface area contributed by atoms with E-state index in [0.29, 0.717) is 11.1 Å². The van der Waals surface area contributed by atoms with Gasteiger partial charge in [-0.1, -0.05) is 6.07 Å². The van der Waals surface area contributed by atoms with Crippen LogP contribution in [0.15, 0.2) is 17.0 Å². The van der Waals surface area contributed by atoms with Crippen LogP contribution in [0.3, 0.4) is 0 Å². The number of aliphatic hydroxyl groups is 1.